The summed E-state index contributed by atoms with van der Waals surface area (Å²) in [5.41, 5.74) is 1.36. The topological polar surface area (TPSA) is 12.0 Å². The van der Waals surface area contributed by atoms with Crippen molar-refractivity contribution in [2.45, 2.75) is 44.8 Å². The van der Waals surface area contributed by atoms with E-state index in [2.05, 4.69) is 12.2 Å². The Bertz CT molecular complexity index is 412. The third kappa shape index (κ3) is 2.86. The summed E-state index contributed by atoms with van der Waals surface area (Å²) in [5.74, 6) is 0. The number of alkyl halides is 3. The van der Waals surface area contributed by atoms with Gasteiger partial charge in [-0.15, -0.1) is 0 Å². The summed E-state index contributed by atoms with van der Waals surface area (Å²) in [6, 6.07) is 4.23. The van der Waals surface area contributed by atoms with Crippen molar-refractivity contribution < 1.29 is 13.2 Å². The van der Waals surface area contributed by atoms with Crippen molar-refractivity contribution in [3.8, 4) is 0 Å². The number of rotatable bonds is 3. The molecular formula is C14H18F3N. The van der Waals surface area contributed by atoms with Gasteiger partial charge in [-0.2, -0.15) is 13.2 Å². The van der Waals surface area contributed by atoms with Gasteiger partial charge in [-0.05, 0) is 42.6 Å². The Balaban J connectivity index is 2.29. The maximum atomic E-state index is 12.7. The van der Waals surface area contributed by atoms with Crippen LogP contribution in [0.3, 0.4) is 0 Å². The van der Waals surface area contributed by atoms with Crippen molar-refractivity contribution in [1.82, 2.24) is 5.32 Å². The molecule has 0 saturated heterocycles. The fourth-order valence-electron chi connectivity index (χ4n) is 2.48. The second kappa shape index (κ2) is 5.31. The van der Waals surface area contributed by atoms with Crippen molar-refractivity contribution in [2.75, 3.05) is 6.54 Å². The fourth-order valence-corrected chi connectivity index (χ4v) is 2.48. The third-order valence-corrected chi connectivity index (χ3v) is 3.48. The lowest BCUT2D eigenvalue weighted by Crippen LogP contribution is -2.30. The summed E-state index contributed by atoms with van der Waals surface area (Å²) in [5, 5.41) is 3.32. The molecule has 0 saturated carbocycles. The first kappa shape index (κ1) is 13.4. The lowest BCUT2D eigenvalue weighted by atomic mass is 9.90. The van der Waals surface area contributed by atoms with Crippen LogP contribution in [0.5, 0.6) is 0 Å². The summed E-state index contributed by atoms with van der Waals surface area (Å²) in [7, 11) is 0. The van der Waals surface area contributed by atoms with Crippen LogP contribution in [-0.4, -0.2) is 6.54 Å². The summed E-state index contributed by atoms with van der Waals surface area (Å²) in [6.45, 7) is 2.95. The number of hydrogen-bond donors (Lipinski definition) is 1. The number of halogens is 3. The van der Waals surface area contributed by atoms with Crippen molar-refractivity contribution in [3.63, 3.8) is 0 Å². The molecule has 100 valence electrons. The summed E-state index contributed by atoms with van der Waals surface area (Å²) in [6.07, 6.45) is -0.428. The van der Waals surface area contributed by atoms with Crippen LogP contribution in [0.2, 0.25) is 0 Å². The Morgan fingerprint density at radius 3 is 2.78 bits per heavy atom. The van der Waals surface area contributed by atoms with E-state index in [1.807, 2.05) is 0 Å². The van der Waals surface area contributed by atoms with E-state index in [9.17, 15) is 13.2 Å². The molecule has 0 radical (unpaired) electrons. The number of unbranched alkanes of at least 4 members (excludes halogenated alkanes) is 1. The van der Waals surface area contributed by atoms with Gasteiger partial charge < -0.3 is 5.32 Å². The Labute approximate surface area is 105 Å². The van der Waals surface area contributed by atoms with Crippen molar-refractivity contribution in [3.05, 3.63) is 34.9 Å². The predicted octanol–water partition coefficient (Wildman–Crippen LogP) is 4.08. The molecule has 0 bridgehead atoms. The van der Waals surface area contributed by atoms with Gasteiger partial charge >= 0.3 is 6.18 Å². The zero-order chi connectivity index (χ0) is 13.2. The molecule has 1 aromatic rings. The normalized spacial score (nSPS) is 19.7. The lowest BCUT2D eigenvalue weighted by molar-refractivity contribution is -0.137. The number of fused-ring (bicyclic) bond motifs is 1. The minimum absolute atomic E-state index is 0.0796. The highest BCUT2D eigenvalue weighted by atomic mass is 19.4. The molecule has 1 aromatic carbocycles. The minimum atomic E-state index is -4.25. The minimum Gasteiger partial charge on any atom is -0.310 e. The standard InChI is InChI=1S/C14H18F3N/c1-2-3-4-13-12-9-11(14(15,16)17)6-5-10(12)7-8-18-13/h5-6,9,13,18H,2-4,7-8H2,1H3. The molecule has 0 aliphatic carbocycles. The number of nitrogens with one attached hydrogen (secondary N) is 1. The molecule has 0 aromatic heterocycles. The van der Waals surface area contributed by atoms with Gasteiger partial charge in [0.15, 0.2) is 0 Å². The predicted molar refractivity (Wildman–Crippen MR) is 65.4 cm³/mol. The molecule has 0 fully saturated rings. The maximum Gasteiger partial charge on any atom is 0.416 e. The average molecular weight is 257 g/mol. The zero-order valence-electron chi connectivity index (χ0n) is 10.5. The molecule has 0 spiro atoms. The summed E-state index contributed by atoms with van der Waals surface area (Å²) in [4.78, 5) is 0. The van der Waals surface area contributed by atoms with Crippen LogP contribution in [0, 0.1) is 0 Å². The third-order valence-electron chi connectivity index (χ3n) is 3.48. The van der Waals surface area contributed by atoms with E-state index in [0.29, 0.717) is 0 Å². The molecule has 1 aliphatic heterocycles. The zero-order valence-corrected chi connectivity index (χ0v) is 10.5. The van der Waals surface area contributed by atoms with Crippen LogP contribution in [0.4, 0.5) is 13.2 Å². The van der Waals surface area contributed by atoms with Crippen LogP contribution in [0.25, 0.3) is 0 Å². The largest absolute Gasteiger partial charge is 0.416 e. The highest BCUT2D eigenvalue weighted by Crippen LogP contribution is 2.34. The van der Waals surface area contributed by atoms with Gasteiger partial charge in [-0.3, -0.25) is 0 Å². The van der Waals surface area contributed by atoms with Gasteiger partial charge in [-0.25, -0.2) is 0 Å². The van der Waals surface area contributed by atoms with Crippen LogP contribution in [0.15, 0.2) is 18.2 Å². The maximum absolute atomic E-state index is 12.7. The molecular weight excluding hydrogens is 239 g/mol. The second-order valence-corrected chi connectivity index (χ2v) is 4.81. The Hall–Kier alpha value is -1.03. The first-order valence-electron chi connectivity index (χ1n) is 6.45. The van der Waals surface area contributed by atoms with E-state index in [1.54, 1.807) is 6.07 Å². The molecule has 1 unspecified atom stereocenters. The number of benzene rings is 1. The Morgan fingerprint density at radius 1 is 1.33 bits per heavy atom. The first-order chi connectivity index (χ1) is 8.52. The summed E-state index contributed by atoms with van der Waals surface area (Å²) < 4.78 is 38.1. The van der Waals surface area contributed by atoms with Crippen molar-refractivity contribution in [2.24, 2.45) is 0 Å². The fraction of sp³-hybridized carbons (Fsp3) is 0.571. The smallest absolute Gasteiger partial charge is 0.310 e. The lowest BCUT2D eigenvalue weighted by Gasteiger charge is -2.28. The average Bonchev–Trinajstić information content (AvgIpc) is 2.34. The van der Waals surface area contributed by atoms with Crippen LogP contribution >= 0.6 is 0 Å². The van der Waals surface area contributed by atoms with Gasteiger partial charge in [0.25, 0.3) is 0 Å². The number of hydrogen-bond acceptors (Lipinski definition) is 1. The highest BCUT2D eigenvalue weighted by Gasteiger charge is 2.32. The molecule has 1 aliphatic rings. The van der Waals surface area contributed by atoms with Gasteiger partial charge in [0.1, 0.15) is 0 Å². The van der Waals surface area contributed by atoms with Gasteiger partial charge in [0.05, 0.1) is 5.56 Å². The molecule has 0 amide bonds. The van der Waals surface area contributed by atoms with Gasteiger partial charge in [0, 0.05) is 6.04 Å². The van der Waals surface area contributed by atoms with E-state index in [-0.39, 0.29) is 6.04 Å². The molecule has 1 nitrogen and oxygen atoms in total. The molecule has 18 heavy (non-hydrogen) atoms. The molecule has 4 heteroatoms. The molecule has 1 N–H and O–H groups in total. The highest BCUT2D eigenvalue weighted by molar-refractivity contribution is 5.37. The van der Waals surface area contributed by atoms with E-state index in [4.69, 9.17) is 0 Å². The Morgan fingerprint density at radius 2 is 2.11 bits per heavy atom. The second-order valence-electron chi connectivity index (χ2n) is 4.81. The quantitative estimate of drug-likeness (QED) is 0.860. The summed E-state index contributed by atoms with van der Waals surface area (Å²) >= 11 is 0. The van der Waals surface area contributed by atoms with E-state index in [1.165, 1.54) is 12.1 Å². The first-order valence-corrected chi connectivity index (χ1v) is 6.45. The van der Waals surface area contributed by atoms with E-state index >= 15 is 0 Å². The van der Waals surface area contributed by atoms with Crippen LogP contribution in [0.1, 0.15) is 48.9 Å². The molecule has 1 atom stereocenters. The van der Waals surface area contributed by atoms with Gasteiger partial charge in [-0.1, -0.05) is 25.8 Å². The van der Waals surface area contributed by atoms with Crippen molar-refractivity contribution in [1.29, 1.82) is 0 Å². The molecule has 1 heterocycles. The monoisotopic (exact) mass is 257 g/mol. The Kier molecular flexibility index (Phi) is 3.95. The SMILES string of the molecule is CCCCC1NCCc2ccc(C(F)(F)F)cc21. The van der Waals surface area contributed by atoms with Crippen LogP contribution < -0.4 is 5.32 Å². The molecule has 2 rings (SSSR count). The van der Waals surface area contributed by atoms with E-state index < -0.39 is 11.7 Å². The van der Waals surface area contributed by atoms with Crippen molar-refractivity contribution >= 4 is 0 Å². The van der Waals surface area contributed by atoms with Gasteiger partial charge in [0.2, 0.25) is 0 Å². The van der Waals surface area contributed by atoms with E-state index in [0.717, 1.165) is 43.4 Å². The van der Waals surface area contributed by atoms with Crippen LogP contribution in [-0.2, 0) is 12.6 Å².